The molecule has 0 saturated carbocycles. The van der Waals surface area contributed by atoms with Crippen molar-refractivity contribution in [2.45, 2.75) is 13.3 Å². The average molecular weight is 236 g/mol. The second kappa shape index (κ2) is 4.57. The number of nitrogens with zero attached hydrogens (tertiary/aromatic N) is 3. The first-order valence-electron chi connectivity index (χ1n) is 5.64. The maximum absolute atomic E-state index is 12.2. The molecule has 92 valence electrons. The molecule has 0 atom stereocenters. The van der Waals surface area contributed by atoms with E-state index in [0.717, 1.165) is 5.69 Å². The fourth-order valence-corrected chi connectivity index (χ4v) is 1.85. The van der Waals surface area contributed by atoms with Gasteiger partial charge < -0.3 is 10.2 Å². The number of aromatic nitrogens is 2. The van der Waals surface area contributed by atoms with Crippen LogP contribution in [-0.2, 0) is 11.8 Å². The Balaban J connectivity index is 2.14. The first kappa shape index (κ1) is 11.6. The Bertz CT molecular complexity index is 452. The summed E-state index contributed by atoms with van der Waals surface area (Å²) in [5, 5.41) is 6.80. The largest absolute Gasteiger partial charge is 0.354 e. The van der Waals surface area contributed by atoms with Gasteiger partial charge in [-0.15, -0.1) is 0 Å². The number of carbonyl (C=O) groups is 2. The highest BCUT2D eigenvalue weighted by molar-refractivity contribution is 5.95. The van der Waals surface area contributed by atoms with Crippen molar-refractivity contribution < 1.29 is 9.59 Å². The maximum atomic E-state index is 12.2. The molecule has 0 aliphatic carbocycles. The number of hydrogen-bond acceptors (Lipinski definition) is 3. The van der Waals surface area contributed by atoms with Crippen LogP contribution in [0.25, 0.3) is 0 Å². The minimum atomic E-state index is -0.0490. The van der Waals surface area contributed by atoms with Gasteiger partial charge in [-0.2, -0.15) is 5.10 Å². The molecule has 1 aliphatic rings. The van der Waals surface area contributed by atoms with E-state index in [0.29, 0.717) is 31.6 Å². The molecule has 1 aromatic rings. The minimum absolute atomic E-state index is 0.00297. The van der Waals surface area contributed by atoms with Crippen LogP contribution < -0.4 is 5.32 Å². The molecule has 0 unspecified atom stereocenters. The van der Waals surface area contributed by atoms with Gasteiger partial charge in [-0.1, -0.05) is 0 Å². The summed E-state index contributed by atoms with van der Waals surface area (Å²) in [6, 6.07) is 0. The van der Waals surface area contributed by atoms with Crippen LogP contribution in [0.15, 0.2) is 6.20 Å². The summed E-state index contributed by atoms with van der Waals surface area (Å²) in [5.74, 6) is -0.0460. The monoisotopic (exact) mass is 236 g/mol. The highest BCUT2D eigenvalue weighted by Crippen LogP contribution is 2.10. The molecule has 2 heterocycles. The minimum Gasteiger partial charge on any atom is -0.354 e. The molecule has 2 rings (SSSR count). The van der Waals surface area contributed by atoms with Gasteiger partial charge in [-0.3, -0.25) is 14.3 Å². The van der Waals surface area contributed by atoms with Gasteiger partial charge in [0.1, 0.15) is 0 Å². The zero-order chi connectivity index (χ0) is 12.4. The number of carbonyl (C=O) groups excluding carboxylic acids is 2. The molecule has 1 N–H and O–H groups in total. The predicted octanol–water partition coefficient (Wildman–Crippen LogP) is -0.309. The lowest BCUT2D eigenvalue weighted by Gasteiger charge is -2.19. The summed E-state index contributed by atoms with van der Waals surface area (Å²) in [6.07, 6.45) is 1.95. The fraction of sp³-hybridized carbons (Fsp3) is 0.545. The number of nitrogens with one attached hydrogen (secondary N) is 1. The molecule has 0 bridgehead atoms. The van der Waals surface area contributed by atoms with Crippen molar-refractivity contribution in [2.75, 3.05) is 19.6 Å². The summed E-state index contributed by atoms with van der Waals surface area (Å²) in [4.78, 5) is 25.1. The number of aryl methyl sites for hydroxylation is 1. The Morgan fingerprint density at radius 3 is 2.88 bits per heavy atom. The standard InChI is InChI=1S/C11H16N4O2/c1-8-9(7-13-14(8)2)11(17)15-5-3-10(16)12-4-6-15/h7H,3-6H2,1-2H3,(H,12,16). The Hall–Kier alpha value is -1.85. The quantitative estimate of drug-likeness (QED) is 0.727. The van der Waals surface area contributed by atoms with Crippen LogP contribution in [0, 0.1) is 6.92 Å². The third-order valence-corrected chi connectivity index (χ3v) is 3.07. The molecule has 0 spiro atoms. The molecular weight excluding hydrogens is 220 g/mol. The molecule has 1 fully saturated rings. The average Bonchev–Trinajstić information content (AvgIpc) is 2.53. The topological polar surface area (TPSA) is 67.2 Å². The van der Waals surface area contributed by atoms with Crippen LogP contribution in [0.4, 0.5) is 0 Å². The highest BCUT2D eigenvalue weighted by Gasteiger charge is 2.22. The van der Waals surface area contributed by atoms with Crippen molar-refractivity contribution in [3.05, 3.63) is 17.5 Å². The van der Waals surface area contributed by atoms with Crippen molar-refractivity contribution >= 4 is 11.8 Å². The van der Waals surface area contributed by atoms with Gasteiger partial charge in [0, 0.05) is 38.8 Å². The van der Waals surface area contributed by atoms with E-state index in [2.05, 4.69) is 10.4 Å². The first-order valence-corrected chi connectivity index (χ1v) is 5.64. The Labute approximate surface area is 99.6 Å². The molecule has 2 amide bonds. The van der Waals surface area contributed by atoms with Crippen molar-refractivity contribution in [1.82, 2.24) is 20.0 Å². The Morgan fingerprint density at radius 2 is 2.24 bits per heavy atom. The van der Waals surface area contributed by atoms with Crippen LogP contribution in [-0.4, -0.2) is 46.1 Å². The van der Waals surface area contributed by atoms with Gasteiger partial charge in [0.05, 0.1) is 11.8 Å². The lowest BCUT2D eigenvalue weighted by Crippen LogP contribution is -2.34. The number of hydrogen-bond donors (Lipinski definition) is 1. The summed E-state index contributed by atoms with van der Waals surface area (Å²) in [5.41, 5.74) is 1.46. The van der Waals surface area contributed by atoms with E-state index in [1.165, 1.54) is 0 Å². The molecule has 6 nitrogen and oxygen atoms in total. The van der Waals surface area contributed by atoms with E-state index >= 15 is 0 Å². The van der Waals surface area contributed by atoms with Crippen LogP contribution in [0.1, 0.15) is 22.5 Å². The van der Waals surface area contributed by atoms with Gasteiger partial charge in [-0.05, 0) is 6.92 Å². The van der Waals surface area contributed by atoms with E-state index < -0.39 is 0 Å². The Morgan fingerprint density at radius 1 is 1.47 bits per heavy atom. The smallest absolute Gasteiger partial charge is 0.257 e. The Kier molecular flexibility index (Phi) is 3.12. The van der Waals surface area contributed by atoms with E-state index in [4.69, 9.17) is 0 Å². The second-order valence-corrected chi connectivity index (χ2v) is 4.16. The molecule has 1 aromatic heterocycles. The van der Waals surface area contributed by atoms with Crippen molar-refractivity contribution in [2.24, 2.45) is 7.05 Å². The van der Waals surface area contributed by atoms with Crippen LogP contribution in [0.3, 0.4) is 0 Å². The maximum Gasteiger partial charge on any atom is 0.257 e. The van der Waals surface area contributed by atoms with Gasteiger partial charge in [0.25, 0.3) is 5.91 Å². The van der Waals surface area contributed by atoms with Crippen LogP contribution in [0.5, 0.6) is 0 Å². The summed E-state index contributed by atoms with van der Waals surface area (Å²) in [7, 11) is 1.81. The highest BCUT2D eigenvalue weighted by atomic mass is 16.2. The summed E-state index contributed by atoms with van der Waals surface area (Å²) >= 11 is 0. The molecule has 0 aromatic carbocycles. The third kappa shape index (κ3) is 2.30. The lowest BCUT2D eigenvalue weighted by atomic mass is 10.2. The normalized spacial score (nSPS) is 16.6. The molecular formula is C11H16N4O2. The zero-order valence-electron chi connectivity index (χ0n) is 10.1. The lowest BCUT2D eigenvalue weighted by molar-refractivity contribution is -0.120. The summed E-state index contributed by atoms with van der Waals surface area (Å²) in [6.45, 7) is 3.41. The summed E-state index contributed by atoms with van der Waals surface area (Å²) < 4.78 is 1.68. The number of rotatable bonds is 1. The van der Waals surface area contributed by atoms with E-state index in [-0.39, 0.29) is 11.8 Å². The zero-order valence-corrected chi connectivity index (χ0v) is 10.1. The second-order valence-electron chi connectivity index (χ2n) is 4.16. The van der Waals surface area contributed by atoms with E-state index in [9.17, 15) is 9.59 Å². The van der Waals surface area contributed by atoms with E-state index in [1.807, 2.05) is 6.92 Å². The van der Waals surface area contributed by atoms with Crippen LogP contribution >= 0.6 is 0 Å². The van der Waals surface area contributed by atoms with Crippen molar-refractivity contribution in [3.63, 3.8) is 0 Å². The molecule has 0 radical (unpaired) electrons. The van der Waals surface area contributed by atoms with Gasteiger partial charge >= 0.3 is 0 Å². The predicted molar refractivity (Wildman–Crippen MR) is 61.5 cm³/mol. The van der Waals surface area contributed by atoms with E-state index in [1.54, 1.807) is 22.8 Å². The molecule has 1 aliphatic heterocycles. The third-order valence-electron chi connectivity index (χ3n) is 3.07. The SMILES string of the molecule is Cc1c(C(=O)N2CCNC(=O)CC2)cnn1C. The van der Waals surface area contributed by atoms with Gasteiger partial charge in [0.15, 0.2) is 0 Å². The molecule has 17 heavy (non-hydrogen) atoms. The fourth-order valence-electron chi connectivity index (χ4n) is 1.85. The van der Waals surface area contributed by atoms with Gasteiger partial charge in [0.2, 0.25) is 5.91 Å². The first-order chi connectivity index (χ1) is 8.09. The van der Waals surface area contributed by atoms with Crippen molar-refractivity contribution in [1.29, 1.82) is 0 Å². The number of amides is 2. The van der Waals surface area contributed by atoms with Crippen LogP contribution in [0.2, 0.25) is 0 Å². The molecule has 6 heteroatoms. The molecule has 1 saturated heterocycles. The van der Waals surface area contributed by atoms with Gasteiger partial charge in [-0.25, -0.2) is 0 Å². The van der Waals surface area contributed by atoms with Crippen molar-refractivity contribution in [3.8, 4) is 0 Å².